The molecule has 0 aliphatic carbocycles. The van der Waals surface area contributed by atoms with Crippen LogP contribution in [0, 0.1) is 0 Å². The second-order valence-electron chi connectivity index (χ2n) is 5.58. The Balaban J connectivity index is 1.49. The Morgan fingerprint density at radius 1 is 1.16 bits per heavy atom. The molecule has 1 heterocycles. The molecule has 6 heteroatoms. The van der Waals surface area contributed by atoms with Crippen LogP contribution in [-0.2, 0) is 11.3 Å². The molecule has 0 unspecified atom stereocenters. The third-order valence-electron chi connectivity index (χ3n) is 3.71. The molecule has 0 bridgehead atoms. The van der Waals surface area contributed by atoms with Crippen LogP contribution < -0.4 is 19.5 Å². The summed E-state index contributed by atoms with van der Waals surface area (Å²) in [6.07, 6.45) is 0.879. The molecule has 1 aliphatic rings. The second-order valence-corrected chi connectivity index (χ2v) is 6.62. The fourth-order valence-electron chi connectivity index (χ4n) is 2.42. The number of carbonyl (C=O) groups excluding carboxylic acids is 1. The first-order valence-corrected chi connectivity index (χ1v) is 9.15. The highest BCUT2D eigenvalue weighted by Gasteiger charge is 2.11. The van der Waals surface area contributed by atoms with E-state index in [1.54, 1.807) is 7.11 Å². The van der Waals surface area contributed by atoms with E-state index in [2.05, 4.69) is 5.32 Å². The lowest BCUT2D eigenvalue weighted by molar-refractivity contribution is -0.118. The van der Waals surface area contributed by atoms with Gasteiger partial charge in [-0.05, 0) is 35.9 Å². The van der Waals surface area contributed by atoms with E-state index in [1.165, 1.54) is 11.8 Å². The average molecular weight is 359 g/mol. The van der Waals surface area contributed by atoms with Crippen molar-refractivity contribution >= 4 is 17.7 Å². The SMILES string of the molecule is COc1cccc(CNC(=O)CSc2ccc3c(c2)OCCCO3)c1. The topological polar surface area (TPSA) is 56.8 Å². The number of rotatable bonds is 6. The van der Waals surface area contributed by atoms with Crippen LogP contribution in [0.15, 0.2) is 47.4 Å². The van der Waals surface area contributed by atoms with Gasteiger partial charge in [-0.2, -0.15) is 0 Å². The van der Waals surface area contributed by atoms with E-state index in [0.717, 1.165) is 34.1 Å². The Labute approximate surface area is 151 Å². The molecule has 0 saturated carbocycles. The molecule has 2 aromatic carbocycles. The molecule has 2 aromatic rings. The molecule has 0 aromatic heterocycles. The van der Waals surface area contributed by atoms with Gasteiger partial charge in [0.1, 0.15) is 5.75 Å². The van der Waals surface area contributed by atoms with Crippen molar-refractivity contribution in [2.45, 2.75) is 17.9 Å². The van der Waals surface area contributed by atoms with Crippen molar-refractivity contribution in [3.05, 3.63) is 48.0 Å². The summed E-state index contributed by atoms with van der Waals surface area (Å²) in [6.45, 7) is 1.81. The van der Waals surface area contributed by atoms with Crippen LogP contribution in [0.4, 0.5) is 0 Å². The Kier molecular flexibility index (Phi) is 6.06. The highest BCUT2D eigenvalue weighted by Crippen LogP contribution is 2.33. The number of hydrogen-bond donors (Lipinski definition) is 1. The van der Waals surface area contributed by atoms with Crippen molar-refractivity contribution in [1.82, 2.24) is 5.32 Å². The lowest BCUT2D eigenvalue weighted by Gasteiger charge is -2.09. The molecule has 1 N–H and O–H groups in total. The van der Waals surface area contributed by atoms with Gasteiger partial charge in [-0.15, -0.1) is 11.8 Å². The predicted octanol–water partition coefficient (Wildman–Crippen LogP) is 3.27. The van der Waals surface area contributed by atoms with Crippen LogP contribution in [0.25, 0.3) is 0 Å². The molecule has 132 valence electrons. The average Bonchev–Trinajstić information content (AvgIpc) is 2.89. The first-order valence-electron chi connectivity index (χ1n) is 8.16. The van der Waals surface area contributed by atoms with Gasteiger partial charge in [-0.1, -0.05) is 12.1 Å². The van der Waals surface area contributed by atoms with Gasteiger partial charge in [0, 0.05) is 17.9 Å². The van der Waals surface area contributed by atoms with E-state index in [9.17, 15) is 4.79 Å². The number of hydrogen-bond acceptors (Lipinski definition) is 5. The number of carbonyl (C=O) groups is 1. The Bertz CT molecular complexity index is 735. The van der Waals surface area contributed by atoms with Crippen LogP contribution in [0.1, 0.15) is 12.0 Å². The molecule has 5 nitrogen and oxygen atoms in total. The van der Waals surface area contributed by atoms with Gasteiger partial charge in [-0.25, -0.2) is 0 Å². The number of fused-ring (bicyclic) bond motifs is 1. The normalized spacial score (nSPS) is 13.0. The summed E-state index contributed by atoms with van der Waals surface area (Å²) < 4.78 is 16.5. The van der Waals surface area contributed by atoms with Crippen LogP contribution >= 0.6 is 11.8 Å². The van der Waals surface area contributed by atoms with Gasteiger partial charge < -0.3 is 19.5 Å². The number of amides is 1. The monoisotopic (exact) mass is 359 g/mol. The second kappa shape index (κ2) is 8.67. The summed E-state index contributed by atoms with van der Waals surface area (Å²) in [4.78, 5) is 13.1. The van der Waals surface area contributed by atoms with E-state index in [-0.39, 0.29) is 5.91 Å². The summed E-state index contributed by atoms with van der Waals surface area (Å²) in [5, 5.41) is 2.92. The summed E-state index contributed by atoms with van der Waals surface area (Å²) >= 11 is 1.48. The number of ether oxygens (including phenoxy) is 3. The maximum Gasteiger partial charge on any atom is 0.230 e. The summed E-state index contributed by atoms with van der Waals surface area (Å²) in [5.74, 6) is 2.64. The maximum absolute atomic E-state index is 12.1. The zero-order valence-electron chi connectivity index (χ0n) is 14.1. The molecule has 0 saturated heterocycles. The van der Waals surface area contributed by atoms with Gasteiger partial charge in [0.25, 0.3) is 0 Å². The quantitative estimate of drug-likeness (QED) is 0.803. The van der Waals surface area contributed by atoms with Crippen molar-refractivity contribution in [3.63, 3.8) is 0 Å². The summed E-state index contributed by atoms with van der Waals surface area (Å²) in [6, 6.07) is 13.4. The third-order valence-corrected chi connectivity index (χ3v) is 4.71. The minimum absolute atomic E-state index is 0.0140. The van der Waals surface area contributed by atoms with Crippen molar-refractivity contribution in [3.8, 4) is 17.2 Å². The summed E-state index contributed by atoms with van der Waals surface area (Å²) in [7, 11) is 1.63. The third kappa shape index (κ3) is 5.06. The molecule has 1 aliphatic heterocycles. The molecule has 0 atom stereocenters. The predicted molar refractivity (Wildman–Crippen MR) is 97.6 cm³/mol. The largest absolute Gasteiger partial charge is 0.497 e. The van der Waals surface area contributed by atoms with Crippen molar-refractivity contribution in [1.29, 1.82) is 0 Å². The molecule has 0 radical (unpaired) electrons. The van der Waals surface area contributed by atoms with Gasteiger partial charge in [0.2, 0.25) is 5.91 Å². The summed E-state index contributed by atoms with van der Waals surface area (Å²) in [5.41, 5.74) is 1.01. The first-order chi connectivity index (χ1) is 12.2. The van der Waals surface area contributed by atoms with Gasteiger partial charge in [0.15, 0.2) is 11.5 Å². The van der Waals surface area contributed by atoms with Crippen LogP contribution in [0.5, 0.6) is 17.2 Å². The zero-order chi connectivity index (χ0) is 17.5. The maximum atomic E-state index is 12.1. The molecule has 1 amide bonds. The first kappa shape index (κ1) is 17.5. The lowest BCUT2D eigenvalue weighted by atomic mass is 10.2. The van der Waals surface area contributed by atoms with E-state index >= 15 is 0 Å². The minimum Gasteiger partial charge on any atom is -0.497 e. The van der Waals surface area contributed by atoms with E-state index in [0.29, 0.717) is 25.5 Å². The highest BCUT2D eigenvalue weighted by molar-refractivity contribution is 8.00. The molecular weight excluding hydrogens is 338 g/mol. The van der Waals surface area contributed by atoms with Gasteiger partial charge in [0.05, 0.1) is 26.1 Å². The van der Waals surface area contributed by atoms with E-state index < -0.39 is 0 Å². The smallest absolute Gasteiger partial charge is 0.230 e. The Hall–Kier alpha value is -2.34. The van der Waals surface area contributed by atoms with Gasteiger partial charge >= 0.3 is 0 Å². The fourth-order valence-corrected chi connectivity index (χ4v) is 3.17. The van der Waals surface area contributed by atoms with Crippen LogP contribution in [-0.4, -0.2) is 32.0 Å². The Morgan fingerprint density at radius 2 is 2.00 bits per heavy atom. The highest BCUT2D eigenvalue weighted by atomic mass is 32.2. The van der Waals surface area contributed by atoms with E-state index in [1.807, 2.05) is 42.5 Å². The molecular formula is C19H21NO4S. The lowest BCUT2D eigenvalue weighted by Crippen LogP contribution is -2.24. The number of thioether (sulfide) groups is 1. The molecule has 0 fully saturated rings. The molecule has 3 rings (SSSR count). The van der Waals surface area contributed by atoms with Crippen LogP contribution in [0.2, 0.25) is 0 Å². The van der Waals surface area contributed by atoms with Gasteiger partial charge in [-0.3, -0.25) is 4.79 Å². The van der Waals surface area contributed by atoms with Crippen LogP contribution in [0.3, 0.4) is 0 Å². The van der Waals surface area contributed by atoms with Crippen molar-refractivity contribution in [2.75, 3.05) is 26.1 Å². The fraction of sp³-hybridized carbons (Fsp3) is 0.316. The number of nitrogens with one attached hydrogen (secondary N) is 1. The zero-order valence-corrected chi connectivity index (χ0v) is 14.9. The Morgan fingerprint density at radius 3 is 2.84 bits per heavy atom. The number of benzene rings is 2. The minimum atomic E-state index is -0.0140. The standard InChI is InChI=1S/C19H21NO4S/c1-22-15-5-2-4-14(10-15)12-20-19(21)13-25-16-6-7-17-18(11-16)24-9-3-8-23-17/h2,4-7,10-11H,3,8-9,12-13H2,1H3,(H,20,21). The number of methoxy groups -OCH3 is 1. The molecule has 0 spiro atoms. The molecule has 25 heavy (non-hydrogen) atoms. The van der Waals surface area contributed by atoms with Crippen molar-refractivity contribution in [2.24, 2.45) is 0 Å². The van der Waals surface area contributed by atoms with E-state index in [4.69, 9.17) is 14.2 Å². The van der Waals surface area contributed by atoms with Crippen molar-refractivity contribution < 1.29 is 19.0 Å².